The van der Waals surface area contributed by atoms with Gasteiger partial charge in [-0.3, -0.25) is 4.79 Å². The molecule has 0 N–H and O–H groups in total. The smallest absolute Gasteiger partial charge is 0.319 e. The van der Waals surface area contributed by atoms with Gasteiger partial charge in [-0.05, 0) is 12.8 Å². The third-order valence-electron chi connectivity index (χ3n) is 5.36. The molecule has 0 heterocycles. The van der Waals surface area contributed by atoms with Crippen molar-refractivity contribution in [3.8, 4) is 0 Å². The molecule has 0 aliphatic rings. The maximum absolute atomic E-state index is 11.5. The third kappa shape index (κ3) is 20.5. The summed E-state index contributed by atoms with van der Waals surface area (Å²) < 4.78 is 5.24. The van der Waals surface area contributed by atoms with Gasteiger partial charge in [-0.1, -0.05) is 139 Å². The molecule has 2 nitrogen and oxygen atoms in total. The normalized spacial score (nSPS) is 12.3. The summed E-state index contributed by atoms with van der Waals surface area (Å²) in [6.07, 6.45) is 25.6. The van der Waals surface area contributed by atoms with E-state index in [2.05, 4.69) is 22.9 Å². The van der Waals surface area contributed by atoms with Gasteiger partial charge in [0.1, 0.15) is 4.83 Å². The van der Waals surface area contributed by atoms with Gasteiger partial charge in [0.05, 0.1) is 6.61 Å². The first-order valence-corrected chi connectivity index (χ1v) is 12.9. The number of unbranched alkanes of at least 4 members (excludes halogenated alkanes) is 17. The minimum atomic E-state index is -0.131. The number of hydrogen-bond donors (Lipinski definition) is 0. The van der Waals surface area contributed by atoms with E-state index >= 15 is 0 Å². The molecule has 162 valence electrons. The number of rotatable bonds is 21. The zero-order valence-electron chi connectivity index (χ0n) is 18.4. The van der Waals surface area contributed by atoms with Crippen LogP contribution in [0.2, 0.25) is 0 Å². The van der Waals surface area contributed by atoms with Gasteiger partial charge in [0.25, 0.3) is 0 Å². The highest BCUT2D eigenvalue weighted by atomic mass is 79.9. The van der Waals surface area contributed by atoms with Crippen LogP contribution in [0.3, 0.4) is 0 Å². The zero-order valence-corrected chi connectivity index (χ0v) is 20.0. The minimum absolute atomic E-state index is 0.107. The lowest BCUT2D eigenvalue weighted by Crippen LogP contribution is -2.16. The molecule has 0 bridgehead atoms. The lowest BCUT2D eigenvalue weighted by molar-refractivity contribution is -0.143. The van der Waals surface area contributed by atoms with Crippen molar-refractivity contribution in [3.05, 3.63) is 0 Å². The molecule has 0 amide bonds. The van der Waals surface area contributed by atoms with Gasteiger partial charge in [-0.2, -0.15) is 0 Å². The summed E-state index contributed by atoms with van der Waals surface area (Å²) in [5.41, 5.74) is 0. The van der Waals surface area contributed by atoms with Gasteiger partial charge < -0.3 is 4.74 Å². The molecule has 0 fully saturated rings. The SMILES string of the molecule is CCCCCCCCCCCCCCCCCCCCOC(=O)C(Br)CC. The molecule has 0 aromatic carbocycles. The Hall–Kier alpha value is -0.0500. The van der Waals surface area contributed by atoms with Crippen LogP contribution in [0.15, 0.2) is 0 Å². The molecule has 0 aliphatic carbocycles. The topological polar surface area (TPSA) is 26.3 Å². The maximum Gasteiger partial charge on any atom is 0.319 e. The number of halogens is 1. The summed E-state index contributed by atoms with van der Waals surface area (Å²) >= 11 is 3.32. The molecule has 0 aromatic heterocycles. The van der Waals surface area contributed by atoms with Crippen LogP contribution >= 0.6 is 15.9 Å². The molecule has 0 rings (SSSR count). The summed E-state index contributed by atoms with van der Waals surface area (Å²) in [5.74, 6) is -0.107. The molecular weight excluding hydrogens is 400 g/mol. The first-order chi connectivity index (χ1) is 13.2. The number of carbonyl (C=O) groups excluding carboxylic acids is 1. The molecule has 1 atom stereocenters. The van der Waals surface area contributed by atoms with Crippen molar-refractivity contribution in [2.24, 2.45) is 0 Å². The summed E-state index contributed by atoms with van der Waals surface area (Å²) in [7, 11) is 0. The number of alkyl halides is 1. The van der Waals surface area contributed by atoms with Crippen LogP contribution < -0.4 is 0 Å². The van der Waals surface area contributed by atoms with E-state index in [4.69, 9.17) is 4.74 Å². The summed E-state index contributed by atoms with van der Waals surface area (Å²) in [4.78, 5) is 11.4. The zero-order chi connectivity index (χ0) is 20.0. The fourth-order valence-corrected chi connectivity index (χ4v) is 3.57. The predicted molar refractivity (Wildman–Crippen MR) is 123 cm³/mol. The Bertz CT molecular complexity index is 307. The van der Waals surface area contributed by atoms with Crippen molar-refractivity contribution in [2.75, 3.05) is 6.61 Å². The van der Waals surface area contributed by atoms with E-state index < -0.39 is 0 Å². The second kappa shape index (κ2) is 22.2. The molecule has 0 aromatic rings. The molecular formula is C24H47BrO2. The molecule has 0 saturated carbocycles. The van der Waals surface area contributed by atoms with Crippen LogP contribution in [0.5, 0.6) is 0 Å². The van der Waals surface area contributed by atoms with E-state index in [0.717, 1.165) is 12.8 Å². The largest absolute Gasteiger partial charge is 0.465 e. The minimum Gasteiger partial charge on any atom is -0.465 e. The van der Waals surface area contributed by atoms with E-state index in [1.165, 1.54) is 109 Å². The number of esters is 1. The molecule has 3 heteroatoms. The Labute approximate surface area is 178 Å². The number of ether oxygens (including phenoxy) is 1. The Balaban J connectivity index is 3.08. The van der Waals surface area contributed by atoms with E-state index in [1.54, 1.807) is 0 Å². The number of hydrogen-bond acceptors (Lipinski definition) is 2. The lowest BCUT2D eigenvalue weighted by Gasteiger charge is -2.07. The fourth-order valence-electron chi connectivity index (χ4n) is 3.43. The van der Waals surface area contributed by atoms with Crippen molar-refractivity contribution < 1.29 is 9.53 Å². The average molecular weight is 448 g/mol. The van der Waals surface area contributed by atoms with Crippen LogP contribution in [0.25, 0.3) is 0 Å². The Kier molecular flexibility index (Phi) is 22.2. The highest BCUT2D eigenvalue weighted by Crippen LogP contribution is 2.14. The quantitative estimate of drug-likeness (QED) is 0.0999. The van der Waals surface area contributed by atoms with Crippen LogP contribution in [0, 0.1) is 0 Å². The Morgan fingerprint density at radius 3 is 1.30 bits per heavy atom. The molecule has 27 heavy (non-hydrogen) atoms. The first kappa shape index (κ1) is 27.0. The van der Waals surface area contributed by atoms with Crippen LogP contribution in [0.4, 0.5) is 0 Å². The van der Waals surface area contributed by atoms with Crippen molar-refractivity contribution in [1.29, 1.82) is 0 Å². The summed E-state index contributed by atoms with van der Waals surface area (Å²) in [5, 5.41) is 0. The monoisotopic (exact) mass is 446 g/mol. The fraction of sp³-hybridized carbons (Fsp3) is 0.958. The van der Waals surface area contributed by atoms with Crippen LogP contribution in [0.1, 0.15) is 136 Å². The number of carbonyl (C=O) groups is 1. The standard InChI is InChI=1S/C24H47BrO2/c1-3-5-6-7-8-9-10-11-12-13-14-15-16-17-18-19-20-21-22-27-24(26)23(25)4-2/h23H,3-22H2,1-2H3. The Morgan fingerprint density at radius 1 is 0.630 bits per heavy atom. The molecule has 0 aliphatic heterocycles. The van der Waals surface area contributed by atoms with Crippen LogP contribution in [-0.2, 0) is 9.53 Å². The Morgan fingerprint density at radius 2 is 0.963 bits per heavy atom. The lowest BCUT2D eigenvalue weighted by atomic mass is 10.0. The first-order valence-electron chi connectivity index (χ1n) is 12.0. The summed E-state index contributed by atoms with van der Waals surface area (Å²) in [6.45, 7) is 4.85. The van der Waals surface area contributed by atoms with E-state index in [9.17, 15) is 4.79 Å². The molecule has 0 saturated heterocycles. The van der Waals surface area contributed by atoms with Crippen molar-refractivity contribution in [3.63, 3.8) is 0 Å². The van der Waals surface area contributed by atoms with E-state index in [0.29, 0.717) is 6.61 Å². The second-order valence-corrected chi connectivity index (χ2v) is 9.16. The molecule has 1 unspecified atom stereocenters. The van der Waals surface area contributed by atoms with Gasteiger partial charge in [0, 0.05) is 0 Å². The van der Waals surface area contributed by atoms with Crippen molar-refractivity contribution in [1.82, 2.24) is 0 Å². The molecule has 0 radical (unpaired) electrons. The second-order valence-electron chi connectivity index (χ2n) is 8.05. The van der Waals surface area contributed by atoms with Crippen molar-refractivity contribution in [2.45, 2.75) is 141 Å². The average Bonchev–Trinajstić information content (AvgIpc) is 2.68. The summed E-state index contributed by atoms with van der Waals surface area (Å²) in [6, 6.07) is 0. The third-order valence-corrected chi connectivity index (χ3v) is 6.38. The predicted octanol–water partition coefficient (Wildman–Crippen LogP) is 8.74. The highest BCUT2D eigenvalue weighted by molar-refractivity contribution is 9.10. The van der Waals surface area contributed by atoms with Gasteiger partial charge >= 0.3 is 5.97 Å². The van der Waals surface area contributed by atoms with Gasteiger partial charge in [0.15, 0.2) is 0 Å². The molecule has 0 spiro atoms. The van der Waals surface area contributed by atoms with Gasteiger partial charge in [-0.25, -0.2) is 0 Å². The maximum atomic E-state index is 11.5. The van der Waals surface area contributed by atoms with E-state index in [1.807, 2.05) is 6.92 Å². The van der Waals surface area contributed by atoms with Gasteiger partial charge in [0.2, 0.25) is 0 Å². The van der Waals surface area contributed by atoms with Gasteiger partial charge in [-0.15, -0.1) is 0 Å². The van der Waals surface area contributed by atoms with Crippen molar-refractivity contribution >= 4 is 21.9 Å². The van der Waals surface area contributed by atoms with E-state index in [-0.39, 0.29) is 10.8 Å². The van der Waals surface area contributed by atoms with Crippen LogP contribution in [-0.4, -0.2) is 17.4 Å². The highest BCUT2D eigenvalue weighted by Gasteiger charge is 2.12.